The van der Waals surface area contributed by atoms with Crippen molar-refractivity contribution < 1.29 is 79.4 Å². The topological polar surface area (TPSA) is 577 Å². The maximum atomic E-state index is 10.5. The van der Waals surface area contributed by atoms with Crippen molar-refractivity contribution in [2.45, 2.75) is 158 Å². The number of nitrogens with one attached hydrogen (secondary N) is 4. The Labute approximate surface area is 850 Å². The van der Waals surface area contributed by atoms with Crippen LogP contribution < -0.4 is 28.4 Å². The van der Waals surface area contributed by atoms with Gasteiger partial charge >= 0.3 is 13.1 Å². The quantitative estimate of drug-likeness (QED) is 0.00667. The average molecular weight is 2110 g/mol. The molecule has 40 heteroatoms. The van der Waals surface area contributed by atoms with Crippen molar-refractivity contribution in [1.29, 1.82) is 0 Å². The minimum atomic E-state index is -1.28. The van der Waals surface area contributed by atoms with Crippen molar-refractivity contribution >= 4 is 157 Å². The second-order valence-electron chi connectivity index (χ2n) is 37.9. The summed E-state index contributed by atoms with van der Waals surface area (Å²) in [5.74, 6) is 1.53. The zero-order chi connectivity index (χ0) is 105. The number of nitrogens with two attached hydrogens (primary N) is 4. The number of anilines is 4. The first-order chi connectivity index (χ1) is 69.0. The Kier molecular flexibility index (Phi) is 34.3. The third-order valence-corrected chi connectivity index (χ3v) is 29.0. The maximum Gasteiger partial charge on any atom is 0.495 e. The number of aliphatic hydroxyl groups excluding tert-OH is 5. The highest BCUT2D eigenvalue weighted by molar-refractivity contribution is 14.1. The van der Waals surface area contributed by atoms with Gasteiger partial charge in [-0.3, -0.25) is 25.3 Å². The van der Waals surface area contributed by atoms with Crippen LogP contribution in [0.1, 0.15) is 82.6 Å². The van der Waals surface area contributed by atoms with Gasteiger partial charge in [-0.25, -0.2) is 29.1 Å². The highest BCUT2D eigenvalue weighted by Crippen LogP contribution is 2.41. The second-order valence-corrected chi connectivity index (χ2v) is 50.4. The number of fused-ring (bicyclic) bond motifs is 6. The van der Waals surface area contributed by atoms with Crippen LogP contribution in [-0.4, -0.2) is 169 Å². The molecule has 0 saturated carbocycles. The molecule has 6 aromatic heterocycles. The van der Waals surface area contributed by atoms with Crippen LogP contribution in [-0.2, 0) is 65.3 Å². The molecule has 0 amide bonds. The number of H-pyrrole nitrogens is 4. The molecule has 7 heterocycles. The van der Waals surface area contributed by atoms with E-state index in [0.717, 1.165) is 172 Å². The number of benzene rings is 12. The van der Waals surface area contributed by atoms with E-state index < -0.39 is 39.1 Å². The number of nitro groups is 2. The number of aromatic carboxylic acids is 1. The number of para-hydroxylation sites is 6. The number of aromatic amines is 4. The van der Waals surface area contributed by atoms with E-state index in [-0.39, 0.29) is 89.8 Å². The number of carbonyl (C=O) groups is 1. The van der Waals surface area contributed by atoms with E-state index in [0.29, 0.717) is 60.0 Å². The van der Waals surface area contributed by atoms with Gasteiger partial charge in [0.1, 0.15) is 59.2 Å². The number of carboxylic acid groups (broad SMARTS) is 1. The zero-order valence-electron chi connectivity index (χ0n) is 82.5. The van der Waals surface area contributed by atoms with Crippen LogP contribution in [0, 0.1) is 44.6 Å². The number of nitrogens with zero attached hydrogens (tertiary/aromatic N) is 10. The minimum absolute atomic E-state index is 0.0324. The molecular formula is C105H118BIN18O18Si2. The Balaban J connectivity index is 0.000000148. The molecule has 0 atom stereocenters. The Morgan fingerprint density at radius 1 is 0.462 bits per heavy atom. The van der Waals surface area contributed by atoms with E-state index in [1.165, 1.54) is 24.3 Å². The van der Waals surface area contributed by atoms with Crippen molar-refractivity contribution in [3.05, 3.63) is 292 Å². The number of carboxylic acids is 1. The van der Waals surface area contributed by atoms with Crippen LogP contribution in [0.5, 0.6) is 17.2 Å². The molecule has 36 nitrogen and oxygen atoms in total. The van der Waals surface area contributed by atoms with Crippen LogP contribution in [0.15, 0.2) is 218 Å². The van der Waals surface area contributed by atoms with E-state index in [2.05, 4.69) is 128 Å². The first-order valence-electron chi connectivity index (χ1n) is 46.4. The molecule has 19 rings (SSSR count). The SMILES string of the molecule is C[Si](C)(C)CCOCn1nc(-c2nc3c(CO)cccc3[nH]2)c2cc(I)ccc21.Cc1c(O)cccc1-c1ccc2[nH]nc(-c3nc4c(CO)cccc4[nH]3)c2c1.Cc1c(O)cccc1-c1ccc2c(c1)c(-c1nc3c(CO)cccc3[nH]1)nn2COCC[Si](C)(C)C.Cc1c(O)cccc1B1OC(C)(C)C(C)(C)O1.Nc1c(C(=O)O)cccc1[N+](=O)[O-].Nc1c(CO)cccc1[N+](=O)[O-].Nc1cccc(CO)c1N. The Hall–Kier alpha value is -14.8. The molecule has 1 aliphatic heterocycles. The minimum Gasteiger partial charge on any atom is -0.508 e. The van der Waals surface area contributed by atoms with Gasteiger partial charge in [-0.15, -0.1) is 0 Å². The van der Waals surface area contributed by atoms with Crippen molar-refractivity contribution in [3.63, 3.8) is 0 Å². The van der Waals surface area contributed by atoms with E-state index in [4.69, 9.17) is 77.2 Å². The molecule has 0 radical (unpaired) electrons. The monoisotopic (exact) mass is 2110 g/mol. The summed E-state index contributed by atoms with van der Waals surface area (Å²) in [6, 6.07) is 67.6. The van der Waals surface area contributed by atoms with Gasteiger partial charge in [-0.2, -0.15) is 15.3 Å². The van der Waals surface area contributed by atoms with Crippen LogP contribution in [0.4, 0.5) is 34.1 Å². The number of nitrogen functional groups attached to an aromatic ring is 4. The third kappa shape index (κ3) is 25.2. The molecule has 18 aromatic rings. The van der Waals surface area contributed by atoms with Gasteiger partial charge in [-0.1, -0.05) is 155 Å². The number of phenolic OH excluding ortho intramolecular Hbond substituents is 3. The molecular weight excluding hydrogens is 2000 g/mol. The Morgan fingerprint density at radius 2 is 0.848 bits per heavy atom. The third-order valence-electron chi connectivity index (χ3n) is 25.0. The molecule has 1 saturated heterocycles. The molecule has 1 aliphatic rings. The summed E-state index contributed by atoms with van der Waals surface area (Å²) < 4.78 is 28.8. The lowest BCUT2D eigenvalue weighted by molar-refractivity contribution is -0.384. The van der Waals surface area contributed by atoms with Gasteiger partial charge in [0, 0.05) is 89.0 Å². The number of nitro benzene ring substituents is 2. The van der Waals surface area contributed by atoms with Crippen LogP contribution in [0.25, 0.3) is 123 Å². The smallest absolute Gasteiger partial charge is 0.495 e. The van der Waals surface area contributed by atoms with Crippen LogP contribution in [0.3, 0.4) is 0 Å². The van der Waals surface area contributed by atoms with E-state index in [1.807, 2.05) is 167 Å². The number of aromatic nitrogens is 12. The largest absolute Gasteiger partial charge is 0.508 e. The van der Waals surface area contributed by atoms with E-state index >= 15 is 0 Å². The molecule has 754 valence electrons. The number of imidazole rings is 3. The zero-order valence-corrected chi connectivity index (χ0v) is 86.7. The van der Waals surface area contributed by atoms with Crippen molar-refractivity contribution in [2.75, 3.05) is 36.1 Å². The second kappa shape index (κ2) is 46.3. The molecule has 0 unspecified atom stereocenters. The number of aromatic hydroxyl groups is 3. The lowest BCUT2D eigenvalue weighted by atomic mass is 9.76. The maximum absolute atomic E-state index is 10.5. The van der Waals surface area contributed by atoms with Crippen molar-refractivity contribution in [1.82, 2.24) is 59.7 Å². The van der Waals surface area contributed by atoms with E-state index in [9.17, 15) is 55.7 Å². The summed E-state index contributed by atoms with van der Waals surface area (Å²) in [5, 5.41) is 126. The average Bonchev–Trinajstić information content (AvgIpc) is 1.64. The van der Waals surface area contributed by atoms with Gasteiger partial charge in [0.15, 0.2) is 17.5 Å². The predicted molar refractivity (Wildman–Crippen MR) is 581 cm³/mol. The molecule has 21 N–H and O–H groups in total. The molecule has 12 aromatic carbocycles. The number of phenols is 3. The van der Waals surface area contributed by atoms with Crippen LogP contribution >= 0.6 is 22.6 Å². The highest BCUT2D eigenvalue weighted by atomic mass is 127. The number of hydrogen-bond donors (Lipinski definition) is 17. The highest BCUT2D eigenvalue weighted by Gasteiger charge is 2.52. The van der Waals surface area contributed by atoms with Gasteiger partial charge in [0.05, 0.1) is 121 Å². The summed E-state index contributed by atoms with van der Waals surface area (Å²) in [6.07, 6.45) is 0. The lowest BCUT2D eigenvalue weighted by Gasteiger charge is -2.32. The lowest BCUT2D eigenvalue weighted by Crippen LogP contribution is -2.41. The molecule has 0 aliphatic carbocycles. The Morgan fingerprint density at radius 3 is 1.30 bits per heavy atom. The Bertz CT molecular complexity index is 7690. The summed E-state index contributed by atoms with van der Waals surface area (Å²) >= 11 is 2.31. The number of rotatable bonds is 24. The normalized spacial score (nSPS) is 12.6. The predicted octanol–water partition coefficient (Wildman–Crippen LogP) is 19.2. The number of hydrogen-bond acceptors (Lipinski definition) is 27. The fraction of sp³-hybridized carbons (Fsp3) is 0.248. The number of aliphatic hydroxyl groups is 5. The summed E-state index contributed by atoms with van der Waals surface area (Å²) in [6.45, 7) is 29.5. The number of halogens is 1. The summed E-state index contributed by atoms with van der Waals surface area (Å²) in [5.41, 5.74) is 41.5. The molecule has 0 bridgehead atoms. The van der Waals surface area contributed by atoms with Gasteiger partial charge in [-0.05, 0) is 219 Å². The fourth-order valence-corrected chi connectivity index (χ4v) is 17.8. The molecule has 0 spiro atoms. The van der Waals surface area contributed by atoms with Gasteiger partial charge in [0.2, 0.25) is 0 Å². The molecule has 145 heavy (non-hydrogen) atoms. The van der Waals surface area contributed by atoms with Crippen molar-refractivity contribution in [2.24, 2.45) is 0 Å². The first-order valence-corrected chi connectivity index (χ1v) is 54.9. The van der Waals surface area contributed by atoms with Gasteiger partial charge < -0.3 is 103 Å². The fourth-order valence-electron chi connectivity index (χ4n) is 15.8. The first kappa shape index (κ1) is 107. The molecule has 1 fully saturated rings. The van der Waals surface area contributed by atoms with Crippen LogP contribution in [0.2, 0.25) is 51.4 Å². The van der Waals surface area contributed by atoms with E-state index in [1.54, 1.807) is 42.5 Å². The number of ether oxygens (including phenoxy) is 2. The van der Waals surface area contributed by atoms with Gasteiger partial charge in [0.25, 0.3) is 11.4 Å². The summed E-state index contributed by atoms with van der Waals surface area (Å²) in [4.78, 5) is 54.1. The summed E-state index contributed by atoms with van der Waals surface area (Å²) in [7, 11) is -2.72. The standard InChI is InChI=1S/C28H32N4O3Si.C22H18N4O2.C21H25IN4O2Si.C13H19BO3.C7H6N2O4.C7H8N2O3.C7H10N2O/c1-18-21(8-6-10-25(18)34)19-11-12-24-22(15-19)27(31-32(24)17-35-13-14-36(2,3)4)28-29-23-9-5-7-20(16-33)26(23)30-28;1-12-15(5-3-7-19(12)28)13-8-9-17-16(10-13)21(26-25-17)22-23-18-6-2-4-14(11-27)20(18)24-22;1-29(2,3)10-9-28-13-26-18-8-7-15(22)11-16(18)20(25-26)21-23-17-6-4-5-14(12-27)19(17)24-21;1-9-10(7-6-8-11(9)15)14-16-12(2,3)13(4,5)17-14;8-6-4(7(10)11)2-1-3-5(6)9(12)13;8-7-5(4-10)2-1-3-6(7)9(11)12;8-6-3-1-2-5(4-10)7(6)9/h5-12,15,33-34H,13-14,16-17H2,1-4H3,(H,29,30);2-10,27-28H,11H2,1H3,(H,23,24)(H,25,26);4-8,11,27H,9-10,12-13H2,1-3H3,(H,23,24);6-8,15H,1-5H3;1-3H,8H2,(H,10,11);1-3,10H,4,8H2;1-3,10H,4,8-9H2. The van der Waals surface area contributed by atoms with Crippen molar-refractivity contribution in [3.8, 4) is 74.1 Å².